The molecule has 0 spiro atoms. The van der Waals surface area contributed by atoms with Crippen LogP contribution in [-0.4, -0.2) is 12.9 Å². The summed E-state index contributed by atoms with van der Waals surface area (Å²) in [6.07, 6.45) is 1.61. The predicted molar refractivity (Wildman–Crippen MR) is 120 cm³/mol. The lowest BCUT2D eigenvalue weighted by Gasteiger charge is -2.31. The van der Waals surface area contributed by atoms with Crippen molar-refractivity contribution in [3.05, 3.63) is 80.9 Å². The second kappa shape index (κ2) is 9.28. The minimum Gasteiger partial charge on any atom is -0.493 e. The van der Waals surface area contributed by atoms with Gasteiger partial charge in [0.25, 0.3) is 0 Å². The Morgan fingerprint density at radius 3 is 2.73 bits per heavy atom. The maximum Gasteiger partial charge on any atom is 0.205 e. The van der Waals surface area contributed by atoms with Crippen molar-refractivity contribution < 1.29 is 19.0 Å². The molecule has 166 valence electrons. The molecule has 0 saturated carbocycles. The molecular weight excluding hydrogens is 442 g/mol. The number of Topliss-reactive ketones (excluding diaryl/α,β-unsaturated/α-hetero) is 1. The third-order valence-corrected chi connectivity index (χ3v) is 5.98. The molecule has 1 aliphatic heterocycles. The van der Waals surface area contributed by atoms with Crippen molar-refractivity contribution in [1.82, 2.24) is 0 Å². The van der Waals surface area contributed by atoms with Crippen LogP contribution < -0.4 is 15.2 Å². The average molecular weight is 462 g/mol. The zero-order valence-corrected chi connectivity index (χ0v) is 18.6. The minimum absolute atomic E-state index is 0.0144. The number of hydrogen-bond donors (Lipinski definition) is 1. The number of methoxy groups -OCH3 is 1. The van der Waals surface area contributed by atoms with Crippen molar-refractivity contribution in [1.29, 1.82) is 10.5 Å². The van der Waals surface area contributed by atoms with Crippen LogP contribution in [0, 0.1) is 22.7 Å². The lowest BCUT2D eigenvalue weighted by molar-refractivity contribution is -0.116. The highest BCUT2D eigenvalue weighted by molar-refractivity contribution is 6.32. The van der Waals surface area contributed by atoms with Crippen LogP contribution in [0.3, 0.4) is 0 Å². The molecule has 1 aliphatic carbocycles. The molecule has 0 fully saturated rings. The largest absolute Gasteiger partial charge is 0.493 e. The number of halogens is 1. The molecular formula is C25H20ClN3O4. The van der Waals surface area contributed by atoms with Crippen LogP contribution in [0.2, 0.25) is 5.02 Å². The zero-order chi connectivity index (χ0) is 23.5. The molecule has 0 radical (unpaired) electrons. The van der Waals surface area contributed by atoms with Gasteiger partial charge in [-0.1, -0.05) is 29.8 Å². The van der Waals surface area contributed by atoms with Gasteiger partial charge in [0.05, 0.1) is 29.7 Å². The molecule has 0 aromatic heterocycles. The number of carbonyl (C=O) groups excluding carboxylic acids is 1. The first-order chi connectivity index (χ1) is 16.0. The van der Waals surface area contributed by atoms with Gasteiger partial charge in [-0.25, -0.2) is 0 Å². The lowest BCUT2D eigenvalue weighted by Crippen LogP contribution is -2.27. The van der Waals surface area contributed by atoms with E-state index >= 15 is 0 Å². The number of nitriles is 2. The van der Waals surface area contributed by atoms with Crippen molar-refractivity contribution >= 4 is 17.4 Å². The van der Waals surface area contributed by atoms with Crippen molar-refractivity contribution in [2.45, 2.75) is 31.8 Å². The van der Waals surface area contributed by atoms with E-state index in [0.717, 1.165) is 0 Å². The smallest absolute Gasteiger partial charge is 0.205 e. The first-order valence-electron chi connectivity index (χ1n) is 10.3. The Hall–Kier alpha value is -3.94. The average Bonchev–Trinajstić information content (AvgIpc) is 2.82. The number of ketones is 1. The van der Waals surface area contributed by atoms with Crippen molar-refractivity contribution in [3.8, 4) is 23.6 Å². The highest BCUT2D eigenvalue weighted by Gasteiger charge is 2.38. The van der Waals surface area contributed by atoms with Gasteiger partial charge in [-0.05, 0) is 30.2 Å². The number of benzene rings is 2. The second-order valence-electron chi connectivity index (χ2n) is 7.63. The van der Waals surface area contributed by atoms with Crippen LogP contribution in [-0.2, 0) is 16.1 Å². The number of nitrogens with zero attached hydrogens (tertiary/aromatic N) is 2. The summed E-state index contributed by atoms with van der Waals surface area (Å²) in [7, 11) is 1.47. The van der Waals surface area contributed by atoms with E-state index in [9.17, 15) is 15.3 Å². The number of ether oxygens (including phenoxy) is 3. The Morgan fingerprint density at radius 2 is 2.00 bits per heavy atom. The Kier molecular flexibility index (Phi) is 6.26. The molecule has 1 heterocycles. The number of allylic oxidation sites excluding steroid dienone is 3. The first-order valence-corrected chi connectivity index (χ1v) is 10.7. The van der Waals surface area contributed by atoms with E-state index in [4.69, 9.17) is 31.5 Å². The van der Waals surface area contributed by atoms with Gasteiger partial charge in [-0.3, -0.25) is 4.79 Å². The Morgan fingerprint density at radius 1 is 1.21 bits per heavy atom. The minimum atomic E-state index is -0.702. The molecule has 2 aromatic carbocycles. The summed E-state index contributed by atoms with van der Waals surface area (Å²) in [4.78, 5) is 12.8. The summed E-state index contributed by atoms with van der Waals surface area (Å²) in [6.45, 7) is 0.112. The molecule has 1 atom stereocenters. The summed E-state index contributed by atoms with van der Waals surface area (Å²) in [6, 6.07) is 14.6. The predicted octanol–water partition coefficient (Wildman–Crippen LogP) is 4.61. The van der Waals surface area contributed by atoms with Crippen LogP contribution >= 0.6 is 11.6 Å². The monoisotopic (exact) mass is 461 g/mol. The lowest BCUT2D eigenvalue weighted by atomic mass is 9.77. The molecule has 7 nitrogen and oxygen atoms in total. The quantitative estimate of drug-likeness (QED) is 0.690. The highest BCUT2D eigenvalue weighted by Crippen LogP contribution is 2.47. The van der Waals surface area contributed by atoms with Crippen LogP contribution in [0.4, 0.5) is 0 Å². The van der Waals surface area contributed by atoms with Gasteiger partial charge in [-0.15, -0.1) is 0 Å². The van der Waals surface area contributed by atoms with Gasteiger partial charge in [0.2, 0.25) is 5.88 Å². The van der Waals surface area contributed by atoms with Gasteiger partial charge in [0, 0.05) is 24.0 Å². The van der Waals surface area contributed by atoms with E-state index in [-0.39, 0.29) is 28.9 Å². The highest BCUT2D eigenvalue weighted by atomic mass is 35.5. The number of nitrogens with two attached hydrogens (primary N) is 1. The molecule has 2 aliphatic rings. The fourth-order valence-corrected chi connectivity index (χ4v) is 4.41. The van der Waals surface area contributed by atoms with Crippen LogP contribution in [0.25, 0.3) is 0 Å². The van der Waals surface area contributed by atoms with Crippen LogP contribution in [0.5, 0.6) is 11.5 Å². The van der Waals surface area contributed by atoms with Crippen LogP contribution in [0.1, 0.15) is 41.9 Å². The van der Waals surface area contributed by atoms with Crippen molar-refractivity contribution in [3.63, 3.8) is 0 Å². The Balaban J connectivity index is 1.75. The molecule has 4 rings (SSSR count). The Labute approximate surface area is 196 Å². The molecule has 8 heteroatoms. The van der Waals surface area contributed by atoms with E-state index < -0.39 is 5.92 Å². The van der Waals surface area contributed by atoms with Gasteiger partial charge in [0.1, 0.15) is 24.0 Å². The molecule has 0 amide bonds. The fraction of sp³-hybridized carbons (Fsp3) is 0.240. The number of hydrogen-bond acceptors (Lipinski definition) is 7. The summed E-state index contributed by atoms with van der Waals surface area (Å²) in [5.74, 6) is 0.328. The standard InChI is InChI=1S/C25H20ClN3O4/c1-31-21-10-16(9-18(26)24(21)32-13-15-6-3-2-5-14(15)11-27)22-17(12-28)25(29)33-20-8-4-7-19(30)23(20)22/h2-3,5-6,9-10,22H,4,7-8,13,29H2,1H3/t22-/m1/s1. The van der Waals surface area contributed by atoms with E-state index in [2.05, 4.69) is 12.1 Å². The second-order valence-corrected chi connectivity index (χ2v) is 8.04. The van der Waals surface area contributed by atoms with Crippen molar-refractivity contribution in [2.75, 3.05) is 7.11 Å². The molecule has 0 bridgehead atoms. The zero-order valence-electron chi connectivity index (χ0n) is 17.9. The van der Waals surface area contributed by atoms with E-state index in [1.165, 1.54) is 7.11 Å². The topological polar surface area (TPSA) is 118 Å². The SMILES string of the molecule is COc1cc([C@@H]2C(C#N)=C(N)OC3=C2C(=O)CCC3)cc(Cl)c1OCc1ccccc1C#N. The Bertz CT molecular complexity index is 1280. The van der Waals surface area contributed by atoms with Gasteiger partial charge in [0.15, 0.2) is 17.3 Å². The fourth-order valence-electron chi connectivity index (χ4n) is 4.14. The van der Waals surface area contributed by atoms with Gasteiger partial charge < -0.3 is 19.9 Å². The first kappa shape index (κ1) is 22.3. The molecule has 0 unspecified atom stereocenters. The normalized spacial score (nSPS) is 17.6. The van der Waals surface area contributed by atoms with E-state index in [1.807, 2.05) is 6.07 Å². The number of rotatable bonds is 5. The molecule has 2 aromatic rings. The maximum atomic E-state index is 12.8. The summed E-state index contributed by atoms with van der Waals surface area (Å²) < 4.78 is 17.1. The third-order valence-electron chi connectivity index (χ3n) is 5.70. The summed E-state index contributed by atoms with van der Waals surface area (Å²) >= 11 is 6.58. The summed E-state index contributed by atoms with van der Waals surface area (Å²) in [5, 5.41) is 19.3. The van der Waals surface area contributed by atoms with Gasteiger partial charge in [-0.2, -0.15) is 10.5 Å². The molecule has 33 heavy (non-hydrogen) atoms. The third kappa shape index (κ3) is 4.11. The van der Waals surface area contributed by atoms with Gasteiger partial charge >= 0.3 is 0 Å². The maximum absolute atomic E-state index is 12.8. The van der Waals surface area contributed by atoms with E-state index in [1.54, 1.807) is 30.3 Å². The molecule has 2 N–H and O–H groups in total. The summed E-state index contributed by atoms with van der Waals surface area (Å²) in [5.41, 5.74) is 8.39. The van der Waals surface area contributed by atoms with Crippen molar-refractivity contribution in [2.24, 2.45) is 5.73 Å². The molecule has 0 saturated heterocycles. The van der Waals surface area contributed by atoms with Crippen LogP contribution in [0.15, 0.2) is 59.2 Å². The van der Waals surface area contributed by atoms with E-state index in [0.29, 0.717) is 58.8 Å². The number of carbonyl (C=O) groups is 1.